The number of sulfonamides is 1. The van der Waals surface area contributed by atoms with Crippen LogP contribution in [0.3, 0.4) is 0 Å². The highest BCUT2D eigenvalue weighted by Gasteiger charge is 2.28. The summed E-state index contributed by atoms with van der Waals surface area (Å²) in [5.41, 5.74) is 0. The van der Waals surface area contributed by atoms with Crippen molar-refractivity contribution >= 4 is 10.0 Å². The molecule has 2 heterocycles. The standard InChI is InChI=1S/C13H26N2O3S/c1-19(16,17)15(13-5-11-18-12-6-13)10-9-14-7-3-2-4-8-14/h13H,2-12H2,1H3. The maximum Gasteiger partial charge on any atom is 0.211 e. The number of piperidine rings is 1. The summed E-state index contributed by atoms with van der Waals surface area (Å²) in [6, 6.07) is 0.133. The van der Waals surface area contributed by atoms with Gasteiger partial charge in [0, 0.05) is 32.3 Å². The van der Waals surface area contributed by atoms with Crippen LogP contribution in [0.1, 0.15) is 32.1 Å². The highest BCUT2D eigenvalue weighted by atomic mass is 32.2. The largest absolute Gasteiger partial charge is 0.381 e. The van der Waals surface area contributed by atoms with Gasteiger partial charge < -0.3 is 9.64 Å². The third-order valence-electron chi connectivity index (χ3n) is 4.11. The molecule has 0 atom stereocenters. The van der Waals surface area contributed by atoms with Gasteiger partial charge in [-0.2, -0.15) is 4.31 Å². The molecular formula is C13H26N2O3S. The minimum atomic E-state index is -3.11. The van der Waals surface area contributed by atoms with Crippen LogP contribution in [0.15, 0.2) is 0 Å². The molecule has 2 fully saturated rings. The first-order chi connectivity index (χ1) is 9.07. The SMILES string of the molecule is CS(=O)(=O)N(CCN1CCCCC1)C1CCOCC1. The lowest BCUT2D eigenvalue weighted by atomic mass is 10.1. The lowest BCUT2D eigenvalue weighted by Crippen LogP contribution is -2.47. The van der Waals surface area contributed by atoms with Crippen LogP contribution < -0.4 is 0 Å². The van der Waals surface area contributed by atoms with Gasteiger partial charge in [-0.25, -0.2) is 8.42 Å². The van der Waals surface area contributed by atoms with E-state index in [1.807, 2.05) is 0 Å². The second kappa shape index (κ2) is 7.02. The highest BCUT2D eigenvalue weighted by Crippen LogP contribution is 2.18. The van der Waals surface area contributed by atoms with Crippen molar-refractivity contribution in [2.24, 2.45) is 0 Å². The van der Waals surface area contributed by atoms with E-state index < -0.39 is 10.0 Å². The van der Waals surface area contributed by atoms with Crippen molar-refractivity contribution < 1.29 is 13.2 Å². The molecule has 0 N–H and O–H groups in total. The van der Waals surface area contributed by atoms with Gasteiger partial charge in [0.2, 0.25) is 10.0 Å². The fourth-order valence-corrected chi connectivity index (χ4v) is 4.18. The van der Waals surface area contributed by atoms with Gasteiger partial charge in [0.25, 0.3) is 0 Å². The summed E-state index contributed by atoms with van der Waals surface area (Å²) in [7, 11) is -3.11. The van der Waals surface area contributed by atoms with Gasteiger partial charge in [-0.15, -0.1) is 0 Å². The fraction of sp³-hybridized carbons (Fsp3) is 1.00. The van der Waals surface area contributed by atoms with E-state index in [4.69, 9.17) is 4.74 Å². The van der Waals surface area contributed by atoms with E-state index in [2.05, 4.69) is 4.90 Å². The Bertz CT molecular complexity index is 360. The summed E-state index contributed by atoms with van der Waals surface area (Å²) in [5.74, 6) is 0. The lowest BCUT2D eigenvalue weighted by Gasteiger charge is -2.34. The molecule has 0 saturated carbocycles. The molecule has 0 amide bonds. The predicted molar refractivity (Wildman–Crippen MR) is 75.7 cm³/mol. The number of hydrogen-bond donors (Lipinski definition) is 0. The van der Waals surface area contributed by atoms with Crippen LogP contribution in [0.4, 0.5) is 0 Å². The smallest absolute Gasteiger partial charge is 0.211 e. The van der Waals surface area contributed by atoms with Crippen LogP contribution in [-0.2, 0) is 14.8 Å². The second-order valence-corrected chi connectivity index (χ2v) is 7.55. The fourth-order valence-electron chi connectivity index (χ4n) is 3.02. The van der Waals surface area contributed by atoms with Crippen molar-refractivity contribution in [2.75, 3.05) is 45.6 Å². The van der Waals surface area contributed by atoms with Crippen LogP contribution >= 0.6 is 0 Å². The molecule has 2 aliphatic heterocycles. The number of nitrogens with zero attached hydrogens (tertiary/aromatic N) is 2. The van der Waals surface area contributed by atoms with Crippen LogP contribution in [-0.4, -0.2) is 69.3 Å². The molecule has 0 aromatic heterocycles. The molecule has 0 aliphatic carbocycles. The molecule has 2 saturated heterocycles. The third-order valence-corrected chi connectivity index (χ3v) is 5.44. The molecule has 0 aromatic carbocycles. The van der Waals surface area contributed by atoms with Crippen LogP contribution in [0.25, 0.3) is 0 Å². The molecule has 19 heavy (non-hydrogen) atoms. The molecule has 0 aromatic rings. The van der Waals surface area contributed by atoms with E-state index in [0.29, 0.717) is 19.8 Å². The Balaban J connectivity index is 1.89. The molecule has 2 rings (SSSR count). The van der Waals surface area contributed by atoms with Crippen molar-refractivity contribution in [2.45, 2.75) is 38.1 Å². The average molecular weight is 290 g/mol. The third kappa shape index (κ3) is 4.70. The number of likely N-dealkylation sites (tertiary alicyclic amines) is 1. The first-order valence-corrected chi connectivity index (χ1v) is 9.19. The van der Waals surface area contributed by atoms with E-state index in [-0.39, 0.29) is 6.04 Å². The molecule has 0 spiro atoms. The Morgan fingerprint density at radius 2 is 1.79 bits per heavy atom. The van der Waals surface area contributed by atoms with Crippen molar-refractivity contribution in [3.05, 3.63) is 0 Å². The zero-order valence-electron chi connectivity index (χ0n) is 11.9. The summed E-state index contributed by atoms with van der Waals surface area (Å²) in [4.78, 5) is 2.39. The molecule has 0 radical (unpaired) electrons. The monoisotopic (exact) mass is 290 g/mol. The quantitative estimate of drug-likeness (QED) is 0.755. The van der Waals surface area contributed by atoms with Crippen LogP contribution in [0.5, 0.6) is 0 Å². The van der Waals surface area contributed by atoms with Gasteiger partial charge in [0.1, 0.15) is 0 Å². The maximum atomic E-state index is 12.0. The zero-order valence-corrected chi connectivity index (χ0v) is 12.7. The van der Waals surface area contributed by atoms with E-state index in [0.717, 1.165) is 32.5 Å². The molecular weight excluding hydrogens is 264 g/mol. The predicted octanol–water partition coefficient (Wildman–Crippen LogP) is 0.913. The maximum absolute atomic E-state index is 12.0. The van der Waals surface area contributed by atoms with E-state index >= 15 is 0 Å². The van der Waals surface area contributed by atoms with Gasteiger partial charge in [-0.1, -0.05) is 6.42 Å². The Morgan fingerprint density at radius 3 is 2.37 bits per heavy atom. The molecule has 2 aliphatic rings. The van der Waals surface area contributed by atoms with Crippen molar-refractivity contribution in [3.8, 4) is 0 Å². The van der Waals surface area contributed by atoms with Gasteiger partial charge in [0.05, 0.1) is 6.26 Å². The summed E-state index contributed by atoms with van der Waals surface area (Å²) < 4.78 is 31.0. The molecule has 112 valence electrons. The Hall–Kier alpha value is -0.170. The van der Waals surface area contributed by atoms with Crippen molar-refractivity contribution in [3.63, 3.8) is 0 Å². The summed E-state index contributed by atoms with van der Waals surface area (Å²) in [6.07, 6.45) is 6.79. The van der Waals surface area contributed by atoms with Gasteiger partial charge in [0.15, 0.2) is 0 Å². The normalized spacial score (nSPS) is 23.9. The van der Waals surface area contributed by atoms with Gasteiger partial charge in [-0.05, 0) is 38.8 Å². The Labute approximate surface area is 117 Å². The molecule has 0 unspecified atom stereocenters. The molecule has 5 nitrogen and oxygen atoms in total. The summed E-state index contributed by atoms with van der Waals surface area (Å²) in [6.45, 7) is 5.09. The van der Waals surface area contributed by atoms with Gasteiger partial charge in [-0.3, -0.25) is 0 Å². The zero-order chi connectivity index (χ0) is 13.7. The van der Waals surface area contributed by atoms with E-state index in [1.54, 1.807) is 4.31 Å². The van der Waals surface area contributed by atoms with Crippen molar-refractivity contribution in [1.29, 1.82) is 0 Å². The van der Waals surface area contributed by atoms with E-state index in [1.165, 1.54) is 25.5 Å². The molecule has 6 heteroatoms. The lowest BCUT2D eigenvalue weighted by molar-refractivity contribution is 0.0559. The first kappa shape index (κ1) is 15.2. The first-order valence-electron chi connectivity index (χ1n) is 7.34. The average Bonchev–Trinajstić information content (AvgIpc) is 2.40. The molecule has 0 bridgehead atoms. The number of hydrogen-bond acceptors (Lipinski definition) is 4. The number of rotatable bonds is 5. The summed E-state index contributed by atoms with van der Waals surface area (Å²) >= 11 is 0. The topological polar surface area (TPSA) is 49.9 Å². The minimum absolute atomic E-state index is 0.133. The van der Waals surface area contributed by atoms with Crippen LogP contribution in [0.2, 0.25) is 0 Å². The Morgan fingerprint density at radius 1 is 1.16 bits per heavy atom. The van der Waals surface area contributed by atoms with Crippen LogP contribution in [0, 0.1) is 0 Å². The number of ether oxygens (including phenoxy) is 1. The second-order valence-electron chi connectivity index (χ2n) is 5.62. The summed E-state index contributed by atoms with van der Waals surface area (Å²) in [5, 5.41) is 0. The van der Waals surface area contributed by atoms with Crippen molar-refractivity contribution in [1.82, 2.24) is 9.21 Å². The highest BCUT2D eigenvalue weighted by molar-refractivity contribution is 7.88. The van der Waals surface area contributed by atoms with Gasteiger partial charge >= 0.3 is 0 Å². The van der Waals surface area contributed by atoms with E-state index in [9.17, 15) is 8.42 Å². The Kier molecular flexibility index (Phi) is 5.62. The minimum Gasteiger partial charge on any atom is -0.381 e.